The molecule has 16 bridgehead atoms. The Kier molecular flexibility index (Phi) is 18.5. The molecule has 16 N–H and O–H groups in total. The van der Waals surface area contributed by atoms with Gasteiger partial charge in [-0.3, -0.25) is 85.1 Å². The summed E-state index contributed by atoms with van der Waals surface area (Å²) >= 11 is 0. The first-order chi connectivity index (χ1) is 42.8. The number of hydrogen-bond acceptors (Lipinski definition) is 22. The molecule has 18 fully saturated rings. The van der Waals surface area contributed by atoms with E-state index >= 15 is 0 Å². The summed E-state index contributed by atoms with van der Waals surface area (Å²) in [4.78, 5) is 0. The Bertz CT molecular complexity index is 2540. The van der Waals surface area contributed by atoms with Crippen LogP contribution >= 0.6 is 0 Å². The number of fused-ring (bicyclic) bond motifs is 40. The third kappa shape index (κ3) is 11.8. The van der Waals surface area contributed by atoms with Crippen LogP contribution in [-0.4, -0.2) is 135 Å². The molecule has 10 saturated heterocycles. The molecule has 0 amide bonds. The summed E-state index contributed by atoms with van der Waals surface area (Å²) in [5, 5.41) is 63.1. The van der Waals surface area contributed by atoms with Crippen LogP contribution in [0.2, 0.25) is 0 Å². The summed E-state index contributed by atoms with van der Waals surface area (Å²) in [6.45, 7) is 0. The molecule has 0 spiro atoms. The van der Waals surface area contributed by atoms with Crippen molar-refractivity contribution in [2.75, 3.05) is 0 Å². The Morgan fingerprint density at radius 3 is 0.483 bits per heavy atom. The summed E-state index contributed by atoms with van der Waals surface area (Å²) < 4.78 is 76.3. The summed E-state index contributed by atoms with van der Waals surface area (Å²) in [5.41, 5.74) is 0. The molecule has 25 heteroatoms. The maximum atomic E-state index is 12.7. The molecule has 22 nitrogen and oxygen atoms in total. The van der Waals surface area contributed by atoms with E-state index in [-0.39, 0.29) is 130 Å². The van der Waals surface area contributed by atoms with Gasteiger partial charge >= 0.3 is 20.4 Å². The minimum atomic E-state index is -4.41. The second-order valence-electron chi connectivity index (χ2n) is 32.4. The summed E-state index contributed by atoms with van der Waals surface area (Å²) in [6, 6.07) is 0. The fourth-order valence-corrected chi connectivity index (χ4v) is 27.1. The van der Waals surface area contributed by atoms with Crippen LogP contribution in [0.5, 0.6) is 0 Å². The van der Waals surface area contributed by atoms with Crippen molar-refractivity contribution < 1.29 is 46.4 Å². The fourth-order valence-electron chi connectivity index (χ4n) is 24.7. The number of nitrogens with one attached hydrogen (secondary N) is 16. The first kappa shape index (κ1) is 63.6. The van der Waals surface area contributed by atoms with Gasteiger partial charge in [0.25, 0.3) is 0 Å². The summed E-state index contributed by atoms with van der Waals surface area (Å²) in [6.07, 6.45) is 37.0. The van der Waals surface area contributed by atoms with Crippen molar-refractivity contribution in [3.05, 3.63) is 0 Å². The molecule has 8 saturated carbocycles. The van der Waals surface area contributed by atoms with Gasteiger partial charge in [0.05, 0.1) is 129 Å². The van der Waals surface area contributed by atoms with Crippen molar-refractivity contribution in [1.82, 2.24) is 85.1 Å². The normalized spacial score (nSPS) is 54.9. The first-order valence-electron chi connectivity index (χ1n) is 36.9. The summed E-state index contributed by atoms with van der Waals surface area (Å²) in [5.74, 6) is 6.67. The minimum absolute atomic E-state index is 0. The second-order valence-corrected chi connectivity index (χ2v) is 35.6. The van der Waals surface area contributed by atoms with E-state index in [0.717, 1.165) is 25.7 Å². The molecule has 0 aromatic heterocycles. The molecule has 0 radical (unpaired) electrons. The van der Waals surface area contributed by atoms with E-state index in [9.17, 15) is 25.9 Å². The van der Waals surface area contributed by atoms with Crippen LogP contribution < -0.4 is 85.1 Å². The van der Waals surface area contributed by atoms with E-state index in [1.54, 1.807) is 0 Å². The maximum absolute atomic E-state index is 12.7. The largest absolute Gasteiger partial charge is 2.00 e. The van der Waals surface area contributed by atoms with Gasteiger partial charge in [-0.2, -0.15) is 0 Å². The molecule has 89 heavy (non-hydrogen) atoms. The van der Waals surface area contributed by atoms with Gasteiger partial charge in [0, 0.05) is 11.8 Å². The molecule has 0 aromatic carbocycles. The van der Waals surface area contributed by atoms with Gasteiger partial charge in [0.15, 0.2) is 0 Å². The molecule has 34 unspecified atom stereocenters. The first-order valence-corrected chi connectivity index (χ1v) is 39.9. The molecule has 18 rings (SSSR count). The van der Waals surface area contributed by atoms with Crippen LogP contribution in [0.3, 0.4) is 0 Å². The van der Waals surface area contributed by atoms with E-state index in [2.05, 4.69) is 85.1 Å². The van der Waals surface area contributed by atoms with Crippen LogP contribution in [0.1, 0.15) is 193 Å². The molecule has 8 aliphatic carbocycles. The van der Waals surface area contributed by atoms with Crippen molar-refractivity contribution >= 4 is 20.2 Å². The zero-order valence-corrected chi connectivity index (χ0v) is 55.6. The molecular formula is C64H110N16O6PdS2. The molecule has 504 valence electrons. The average Bonchev–Trinajstić information content (AvgIpc) is 1.68. The summed E-state index contributed by atoms with van der Waals surface area (Å²) in [7, 11) is -8.81. The smallest absolute Gasteiger partial charge is 0.748 e. The monoisotopic (exact) mass is 1370 g/mol. The molecule has 0 aromatic rings. The Labute approximate surface area is 544 Å². The fraction of sp³-hybridized carbons (Fsp3) is 1.00. The SMILES string of the molecule is O=S(=O)([O-])C1CCCC2C3NC4NC(NC5NC(NC6NC(NC(N3)C21)C1CCCCC61)C1CCCCC51)C1CCCCC41.O=S(=O)([O-])C1CCCC2C3NC4NC(NC5NC(NC6NC(NC(N3)C21)C1CCCCC61)C1CCCCC51)C1CCCCC41.[Pd+2]. The van der Waals surface area contributed by atoms with Crippen molar-refractivity contribution in [1.29, 1.82) is 0 Å². The zero-order valence-electron chi connectivity index (χ0n) is 52.4. The third-order valence-corrected chi connectivity index (χ3v) is 31.0. The maximum Gasteiger partial charge on any atom is 2.00 e. The molecule has 18 aliphatic rings. The van der Waals surface area contributed by atoms with Crippen LogP contribution in [0, 0.1) is 94.7 Å². The van der Waals surface area contributed by atoms with Gasteiger partial charge in [0.2, 0.25) is 0 Å². The van der Waals surface area contributed by atoms with Crippen molar-refractivity contribution in [2.45, 2.75) is 302 Å². The van der Waals surface area contributed by atoms with Crippen LogP contribution in [0.25, 0.3) is 0 Å². The number of rotatable bonds is 2. The zero-order chi connectivity index (χ0) is 59.2. The van der Waals surface area contributed by atoms with E-state index in [4.69, 9.17) is 0 Å². The average molecular weight is 1370 g/mol. The topological polar surface area (TPSA) is 307 Å². The molecular weight excluding hydrogens is 1260 g/mol. The molecule has 34 atom stereocenters. The van der Waals surface area contributed by atoms with Crippen LogP contribution in [-0.2, 0) is 40.7 Å². The minimum Gasteiger partial charge on any atom is -0.748 e. The molecule has 10 aliphatic heterocycles. The quantitative estimate of drug-likeness (QED) is 0.139. The van der Waals surface area contributed by atoms with E-state index in [1.807, 2.05) is 0 Å². The number of hydrogen-bond donors (Lipinski definition) is 16. The predicted octanol–water partition coefficient (Wildman–Crippen LogP) is 2.26. The van der Waals surface area contributed by atoms with E-state index in [1.165, 1.54) is 154 Å². The van der Waals surface area contributed by atoms with Crippen molar-refractivity contribution in [2.24, 2.45) is 94.7 Å². The van der Waals surface area contributed by atoms with Crippen LogP contribution in [0.15, 0.2) is 0 Å². The Balaban J connectivity index is 0.000000141. The Hall–Kier alpha value is -0.158. The Morgan fingerprint density at radius 1 is 0.191 bits per heavy atom. The van der Waals surface area contributed by atoms with Gasteiger partial charge in [-0.15, -0.1) is 0 Å². The van der Waals surface area contributed by atoms with Crippen molar-refractivity contribution in [3.63, 3.8) is 0 Å². The van der Waals surface area contributed by atoms with Gasteiger partial charge in [-0.05, 0) is 186 Å². The van der Waals surface area contributed by atoms with E-state index < -0.39 is 30.7 Å². The standard InChI is InChI=1S/2C32H56N8O3S.Pd/c2*41-44(42,43)23-15-7-14-22-24(23)32-39-30-21-13-6-5-12-20(21)28(37-30)35-26-17-9-2-1-8-16(17)25(33-26)34-27-18-10-3-4-11-19(18)29(36-27)38-31(22)40-32;/h2*16-40H,1-15H2,(H,41,42,43);/q;;+2/p-2. The predicted molar refractivity (Wildman–Crippen MR) is 332 cm³/mol. The van der Waals surface area contributed by atoms with Gasteiger partial charge in [-0.25, -0.2) is 16.8 Å². The molecule has 10 heterocycles. The van der Waals surface area contributed by atoms with Gasteiger partial charge in [-0.1, -0.05) is 89.9 Å². The third-order valence-electron chi connectivity index (χ3n) is 28.4. The van der Waals surface area contributed by atoms with Crippen molar-refractivity contribution in [3.8, 4) is 0 Å². The second kappa shape index (κ2) is 25.9. The van der Waals surface area contributed by atoms with Gasteiger partial charge < -0.3 is 9.11 Å². The van der Waals surface area contributed by atoms with E-state index in [0.29, 0.717) is 96.2 Å². The Morgan fingerprint density at radius 2 is 0.326 bits per heavy atom. The van der Waals surface area contributed by atoms with Crippen LogP contribution in [0.4, 0.5) is 0 Å². The van der Waals surface area contributed by atoms with Gasteiger partial charge in [0.1, 0.15) is 0 Å².